The molecule has 0 unspecified atom stereocenters. The number of aromatic nitrogens is 3. The van der Waals surface area contributed by atoms with Gasteiger partial charge in [-0.1, -0.05) is 32.9 Å². The van der Waals surface area contributed by atoms with Crippen molar-refractivity contribution in [3.05, 3.63) is 58.2 Å². The van der Waals surface area contributed by atoms with Crippen molar-refractivity contribution in [3.8, 4) is 10.4 Å². The molecule has 3 heterocycles. The van der Waals surface area contributed by atoms with Crippen molar-refractivity contribution in [2.75, 3.05) is 18.2 Å². The highest BCUT2D eigenvalue weighted by atomic mass is 32.2. The summed E-state index contributed by atoms with van der Waals surface area (Å²) in [6.07, 6.45) is 0. The van der Waals surface area contributed by atoms with Crippen LogP contribution in [0.1, 0.15) is 52.4 Å². The molecule has 1 saturated heterocycles. The Kier molecular flexibility index (Phi) is 6.82. The molecule has 10 heteroatoms. The van der Waals surface area contributed by atoms with Crippen LogP contribution in [-0.4, -0.2) is 55.7 Å². The number of benzene rings is 1. The van der Waals surface area contributed by atoms with Crippen LogP contribution in [0, 0.1) is 12.7 Å². The van der Waals surface area contributed by atoms with E-state index in [0.29, 0.717) is 23.8 Å². The Labute approximate surface area is 206 Å². The van der Waals surface area contributed by atoms with Crippen LogP contribution in [0.3, 0.4) is 0 Å². The molecule has 180 valence electrons. The lowest BCUT2D eigenvalue weighted by atomic mass is 9.92. The first kappa shape index (κ1) is 24.4. The van der Waals surface area contributed by atoms with Gasteiger partial charge in [-0.2, -0.15) is 5.10 Å². The molecule has 1 N–H and O–H groups in total. The van der Waals surface area contributed by atoms with Crippen molar-refractivity contribution < 1.29 is 14.0 Å². The van der Waals surface area contributed by atoms with Crippen LogP contribution < -0.4 is 5.32 Å². The molecule has 0 saturated carbocycles. The van der Waals surface area contributed by atoms with Gasteiger partial charge in [-0.15, -0.1) is 23.1 Å². The fourth-order valence-corrected chi connectivity index (χ4v) is 5.84. The molecule has 1 aliphatic rings. The molecule has 1 fully saturated rings. The number of hydrogen-bond donors (Lipinski definition) is 1. The fraction of sp³-hybridized carbons (Fsp3) is 0.417. The maximum absolute atomic E-state index is 13.5. The van der Waals surface area contributed by atoms with E-state index < -0.39 is 0 Å². The number of carbonyl (C=O) groups is 2. The first-order chi connectivity index (χ1) is 16.0. The number of rotatable bonds is 5. The normalized spacial score (nSPS) is 16.2. The van der Waals surface area contributed by atoms with E-state index >= 15 is 0 Å². The van der Waals surface area contributed by atoms with Crippen molar-refractivity contribution in [2.24, 2.45) is 7.05 Å². The van der Waals surface area contributed by atoms with Crippen molar-refractivity contribution in [2.45, 2.75) is 39.2 Å². The van der Waals surface area contributed by atoms with Gasteiger partial charge in [0.2, 0.25) is 0 Å². The average molecular weight is 502 g/mol. The number of nitrogens with one attached hydrogen (secondary N) is 1. The zero-order valence-corrected chi connectivity index (χ0v) is 21.5. The number of halogens is 1. The van der Waals surface area contributed by atoms with E-state index in [-0.39, 0.29) is 29.1 Å². The second-order valence-corrected chi connectivity index (χ2v) is 11.5. The summed E-state index contributed by atoms with van der Waals surface area (Å²) < 4.78 is 15.0. The van der Waals surface area contributed by atoms with Crippen LogP contribution in [0.2, 0.25) is 0 Å². The van der Waals surface area contributed by atoms with E-state index in [1.807, 2.05) is 13.0 Å². The molecule has 0 aliphatic carbocycles. The molecule has 4 rings (SSSR count). The minimum absolute atomic E-state index is 0.153. The third-order valence-corrected chi connectivity index (χ3v) is 7.77. The van der Waals surface area contributed by atoms with E-state index in [2.05, 4.69) is 36.2 Å². The van der Waals surface area contributed by atoms with Crippen molar-refractivity contribution >= 4 is 34.9 Å². The Hall–Kier alpha value is -2.72. The third-order valence-electron chi connectivity index (χ3n) is 5.66. The summed E-state index contributed by atoms with van der Waals surface area (Å²) in [5, 5.41) is 8.21. The quantitative estimate of drug-likeness (QED) is 0.566. The summed E-state index contributed by atoms with van der Waals surface area (Å²) in [5.74, 6) is 0.528. The van der Waals surface area contributed by atoms with Crippen LogP contribution in [-0.2, 0) is 12.5 Å². The number of thioether (sulfide) groups is 1. The minimum atomic E-state index is -0.326. The van der Waals surface area contributed by atoms with E-state index in [4.69, 9.17) is 0 Å². The number of thiazole rings is 1. The first-order valence-electron chi connectivity index (χ1n) is 11.0. The smallest absolute Gasteiger partial charge is 0.275 e. The number of nitrogens with zero attached hydrogens (tertiary/aromatic N) is 4. The van der Waals surface area contributed by atoms with Crippen molar-refractivity contribution in [1.29, 1.82) is 0 Å². The third kappa shape index (κ3) is 5.02. The second kappa shape index (κ2) is 9.50. The van der Waals surface area contributed by atoms with Gasteiger partial charge in [-0.3, -0.25) is 14.3 Å². The Balaban J connectivity index is 1.48. The van der Waals surface area contributed by atoms with Gasteiger partial charge in [0.15, 0.2) is 0 Å². The topological polar surface area (TPSA) is 80.1 Å². The van der Waals surface area contributed by atoms with Gasteiger partial charge in [0.1, 0.15) is 17.2 Å². The largest absolute Gasteiger partial charge is 0.349 e. The highest BCUT2D eigenvalue weighted by Crippen LogP contribution is 2.33. The molecule has 2 amide bonds. The fourth-order valence-electron chi connectivity index (χ4n) is 3.73. The van der Waals surface area contributed by atoms with Crippen LogP contribution in [0.15, 0.2) is 30.3 Å². The average Bonchev–Trinajstić information content (AvgIpc) is 3.50. The summed E-state index contributed by atoms with van der Waals surface area (Å²) in [6, 6.07) is 7.75. The van der Waals surface area contributed by atoms with Gasteiger partial charge in [-0.25, -0.2) is 9.37 Å². The highest BCUT2D eigenvalue weighted by Gasteiger charge is 2.33. The zero-order valence-electron chi connectivity index (χ0n) is 19.9. The zero-order chi connectivity index (χ0) is 24.6. The summed E-state index contributed by atoms with van der Waals surface area (Å²) >= 11 is 3.06. The van der Waals surface area contributed by atoms with Gasteiger partial charge < -0.3 is 10.2 Å². The van der Waals surface area contributed by atoms with E-state index in [1.54, 1.807) is 40.5 Å². The standard InChI is InChI=1S/C24H28FN5O2S2/c1-14-27-20(21(34-14)15-6-8-16(25)9-7-15)23(32)30-13-33-12-17(30)11-26-22(31)18-10-19(24(2,3)4)28-29(18)5/h6-10,17H,11-13H2,1-5H3,(H,26,31)/t17-/m1/s1. The van der Waals surface area contributed by atoms with E-state index in [1.165, 1.54) is 23.5 Å². The minimum Gasteiger partial charge on any atom is -0.349 e. The Morgan fingerprint density at radius 3 is 2.59 bits per heavy atom. The van der Waals surface area contributed by atoms with Crippen LogP contribution in [0.5, 0.6) is 0 Å². The highest BCUT2D eigenvalue weighted by molar-refractivity contribution is 7.99. The molecule has 2 aromatic heterocycles. The maximum atomic E-state index is 13.5. The van der Waals surface area contributed by atoms with Crippen molar-refractivity contribution in [3.63, 3.8) is 0 Å². The SMILES string of the molecule is Cc1nc(C(=O)N2CSC[C@H]2CNC(=O)c2cc(C(C)(C)C)nn2C)c(-c2ccc(F)cc2)s1. The van der Waals surface area contributed by atoms with E-state index in [0.717, 1.165) is 26.9 Å². The predicted molar refractivity (Wildman–Crippen MR) is 134 cm³/mol. The van der Waals surface area contributed by atoms with Gasteiger partial charge in [0.05, 0.1) is 27.5 Å². The van der Waals surface area contributed by atoms with Crippen LogP contribution in [0.4, 0.5) is 4.39 Å². The molecule has 0 bridgehead atoms. The van der Waals surface area contributed by atoms with Gasteiger partial charge >= 0.3 is 0 Å². The molecule has 0 radical (unpaired) electrons. The monoisotopic (exact) mass is 501 g/mol. The van der Waals surface area contributed by atoms with Gasteiger partial charge in [0.25, 0.3) is 11.8 Å². The molecule has 1 aromatic carbocycles. The molecular formula is C24H28FN5O2S2. The molecule has 1 aliphatic heterocycles. The predicted octanol–water partition coefficient (Wildman–Crippen LogP) is 4.23. The lowest BCUT2D eigenvalue weighted by Crippen LogP contribution is -2.44. The summed E-state index contributed by atoms with van der Waals surface area (Å²) in [6.45, 7) is 8.34. The lowest BCUT2D eigenvalue weighted by Gasteiger charge is -2.23. The number of hydrogen-bond acceptors (Lipinski definition) is 6. The molecule has 7 nitrogen and oxygen atoms in total. The molecule has 1 atom stereocenters. The molecule has 0 spiro atoms. The maximum Gasteiger partial charge on any atom is 0.275 e. The van der Waals surface area contributed by atoms with Gasteiger partial charge in [-0.05, 0) is 30.7 Å². The Morgan fingerprint density at radius 1 is 1.24 bits per heavy atom. The Morgan fingerprint density at radius 2 is 1.94 bits per heavy atom. The second-order valence-electron chi connectivity index (χ2n) is 9.34. The number of amides is 2. The van der Waals surface area contributed by atoms with Crippen LogP contribution >= 0.6 is 23.1 Å². The number of carbonyl (C=O) groups excluding carboxylic acids is 2. The summed E-state index contributed by atoms with van der Waals surface area (Å²) in [5.41, 5.74) is 2.31. The lowest BCUT2D eigenvalue weighted by molar-refractivity contribution is 0.0731. The summed E-state index contributed by atoms with van der Waals surface area (Å²) in [4.78, 5) is 33.3. The summed E-state index contributed by atoms with van der Waals surface area (Å²) in [7, 11) is 1.76. The molecular weight excluding hydrogens is 473 g/mol. The molecule has 34 heavy (non-hydrogen) atoms. The van der Waals surface area contributed by atoms with E-state index in [9.17, 15) is 14.0 Å². The van der Waals surface area contributed by atoms with Gasteiger partial charge in [0, 0.05) is 24.8 Å². The van der Waals surface area contributed by atoms with Crippen molar-refractivity contribution in [1.82, 2.24) is 25.0 Å². The van der Waals surface area contributed by atoms with Crippen LogP contribution in [0.25, 0.3) is 10.4 Å². The Bertz CT molecular complexity index is 1210. The first-order valence-corrected chi connectivity index (χ1v) is 13.0. The number of aryl methyl sites for hydroxylation is 2. The molecule has 3 aromatic rings.